The second-order valence-electron chi connectivity index (χ2n) is 5.78. The van der Waals surface area contributed by atoms with Crippen LogP contribution in [0.15, 0.2) is 18.2 Å². The maximum absolute atomic E-state index is 12.3. The van der Waals surface area contributed by atoms with Crippen LogP contribution >= 0.6 is 0 Å². The Labute approximate surface area is 126 Å². The minimum Gasteiger partial charge on any atom is -0.493 e. The molecule has 2 N–H and O–H groups in total. The topological polar surface area (TPSA) is 58.6 Å². The van der Waals surface area contributed by atoms with Crippen molar-refractivity contribution in [3.63, 3.8) is 0 Å². The molecule has 1 aromatic rings. The summed E-state index contributed by atoms with van der Waals surface area (Å²) in [5.74, 6) is 0.845. The number of rotatable bonds is 7. The van der Waals surface area contributed by atoms with Crippen molar-refractivity contribution in [2.24, 2.45) is 5.41 Å². The van der Waals surface area contributed by atoms with Crippen LogP contribution in [0.5, 0.6) is 5.75 Å². The predicted molar refractivity (Wildman–Crippen MR) is 82.7 cm³/mol. The van der Waals surface area contributed by atoms with Crippen LogP contribution in [0.1, 0.15) is 49.0 Å². The highest BCUT2D eigenvalue weighted by molar-refractivity contribution is 5.94. The predicted octanol–water partition coefficient (Wildman–Crippen LogP) is 2.54. The van der Waals surface area contributed by atoms with E-state index in [0.29, 0.717) is 18.7 Å². The molecular formula is C17H25NO3. The van der Waals surface area contributed by atoms with Crippen LogP contribution in [0.25, 0.3) is 0 Å². The first-order chi connectivity index (χ1) is 10.1. The second kappa shape index (κ2) is 6.94. The van der Waals surface area contributed by atoms with Gasteiger partial charge in [-0.1, -0.05) is 13.8 Å². The van der Waals surface area contributed by atoms with E-state index in [-0.39, 0.29) is 17.9 Å². The lowest BCUT2D eigenvalue weighted by molar-refractivity contribution is 0.0907. The van der Waals surface area contributed by atoms with E-state index in [1.54, 1.807) is 0 Å². The Bertz CT molecular complexity index is 495. The maximum Gasteiger partial charge on any atom is 0.251 e. The van der Waals surface area contributed by atoms with Gasteiger partial charge in [0.2, 0.25) is 0 Å². The second-order valence-corrected chi connectivity index (χ2v) is 5.78. The third-order valence-corrected chi connectivity index (χ3v) is 4.72. The summed E-state index contributed by atoms with van der Waals surface area (Å²) in [4.78, 5) is 12.3. The lowest BCUT2D eigenvalue weighted by Crippen LogP contribution is -2.37. The van der Waals surface area contributed by atoms with Gasteiger partial charge in [0, 0.05) is 25.1 Å². The van der Waals surface area contributed by atoms with Gasteiger partial charge in [-0.25, -0.2) is 0 Å². The Morgan fingerprint density at radius 3 is 2.81 bits per heavy atom. The highest BCUT2D eigenvalue weighted by Crippen LogP contribution is 2.30. The van der Waals surface area contributed by atoms with Crippen LogP contribution in [0, 0.1) is 5.41 Å². The van der Waals surface area contributed by atoms with Gasteiger partial charge in [-0.15, -0.1) is 0 Å². The molecule has 4 heteroatoms. The standard InChI is InChI=1S/C17H25NO3/c1-3-17(4-2,8-9-19)12-18-16(20)14-5-6-15-13(11-14)7-10-21-15/h5-6,11,19H,3-4,7-10,12H2,1-2H3,(H,18,20). The molecule has 116 valence electrons. The molecule has 0 fully saturated rings. The van der Waals surface area contributed by atoms with Crippen LogP contribution in [0.2, 0.25) is 0 Å². The molecule has 0 aliphatic carbocycles. The smallest absolute Gasteiger partial charge is 0.251 e. The summed E-state index contributed by atoms with van der Waals surface area (Å²) in [5.41, 5.74) is 1.78. The zero-order chi connectivity index (χ0) is 15.3. The van der Waals surface area contributed by atoms with Crippen LogP contribution in [0.4, 0.5) is 0 Å². The van der Waals surface area contributed by atoms with Crippen molar-refractivity contribution in [2.45, 2.75) is 39.5 Å². The summed E-state index contributed by atoms with van der Waals surface area (Å²) in [5, 5.41) is 12.3. The van der Waals surface area contributed by atoms with E-state index in [4.69, 9.17) is 4.74 Å². The number of nitrogens with one attached hydrogen (secondary N) is 1. The number of fused-ring (bicyclic) bond motifs is 1. The van der Waals surface area contributed by atoms with Crippen molar-refractivity contribution in [3.05, 3.63) is 29.3 Å². The average molecular weight is 291 g/mol. The lowest BCUT2D eigenvalue weighted by Gasteiger charge is -2.31. The summed E-state index contributed by atoms with van der Waals surface area (Å²) in [7, 11) is 0. The SMILES string of the molecule is CCC(CC)(CCO)CNC(=O)c1ccc2c(c1)CCO2. The van der Waals surface area contributed by atoms with Gasteiger partial charge in [0.15, 0.2) is 0 Å². The Hall–Kier alpha value is -1.55. The van der Waals surface area contributed by atoms with Crippen molar-refractivity contribution >= 4 is 5.91 Å². The van der Waals surface area contributed by atoms with E-state index in [1.165, 1.54) is 0 Å². The third-order valence-electron chi connectivity index (χ3n) is 4.72. The summed E-state index contributed by atoms with van der Waals surface area (Å²) < 4.78 is 5.45. The number of ether oxygens (including phenoxy) is 1. The number of hydrogen-bond acceptors (Lipinski definition) is 3. The molecule has 21 heavy (non-hydrogen) atoms. The zero-order valence-corrected chi connectivity index (χ0v) is 12.9. The molecule has 2 rings (SSSR count). The fraction of sp³-hybridized carbons (Fsp3) is 0.588. The van der Waals surface area contributed by atoms with Crippen molar-refractivity contribution in [1.82, 2.24) is 5.32 Å². The molecule has 0 spiro atoms. The van der Waals surface area contributed by atoms with Crippen molar-refractivity contribution in [1.29, 1.82) is 0 Å². The summed E-state index contributed by atoms with van der Waals surface area (Å²) in [6, 6.07) is 5.60. The first-order valence-electron chi connectivity index (χ1n) is 7.79. The summed E-state index contributed by atoms with van der Waals surface area (Å²) in [6.45, 7) is 5.68. The minimum absolute atomic E-state index is 0.00967. The molecule has 0 saturated carbocycles. The molecule has 0 atom stereocenters. The highest BCUT2D eigenvalue weighted by Gasteiger charge is 2.26. The molecule has 1 amide bonds. The normalized spacial score (nSPS) is 13.7. The Morgan fingerprint density at radius 2 is 2.14 bits per heavy atom. The Morgan fingerprint density at radius 1 is 1.38 bits per heavy atom. The molecule has 0 aromatic heterocycles. The van der Waals surface area contributed by atoms with Gasteiger partial charge in [0.25, 0.3) is 5.91 Å². The van der Waals surface area contributed by atoms with Crippen LogP contribution in [-0.2, 0) is 6.42 Å². The number of aliphatic hydroxyl groups is 1. The van der Waals surface area contributed by atoms with Crippen LogP contribution < -0.4 is 10.1 Å². The molecule has 1 aliphatic heterocycles. The Kier molecular flexibility index (Phi) is 5.23. The van der Waals surface area contributed by atoms with E-state index < -0.39 is 0 Å². The molecule has 0 saturated heterocycles. The van der Waals surface area contributed by atoms with Gasteiger partial charge in [-0.3, -0.25) is 4.79 Å². The number of amides is 1. The number of hydrogen-bond donors (Lipinski definition) is 2. The molecule has 0 bridgehead atoms. The first-order valence-corrected chi connectivity index (χ1v) is 7.79. The van der Waals surface area contributed by atoms with Gasteiger partial charge < -0.3 is 15.2 Å². The van der Waals surface area contributed by atoms with Gasteiger partial charge in [0.05, 0.1) is 6.61 Å². The maximum atomic E-state index is 12.3. The number of carbonyl (C=O) groups is 1. The van der Waals surface area contributed by atoms with Gasteiger partial charge in [0.1, 0.15) is 5.75 Å². The number of benzene rings is 1. The largest absolute Gasteiger partial charge is 0.493 e. The molecular weight excluding hydrogens is 266 g/mol. The lowest BCUT2D eigenvalue weighted by atomic mass is 9.79. The van der Waals surface area contributed by atoms with E-state index in [1.807, 2.05) is 18.2 Å². The van der Waals surface area contributed by atoms with E-state index in [9.17, 15) is 9.90 Å². The highest BCUT2D eigenvalue weighted by atomic mass is 16.5. The van der Waals surface area contributed by atoms with Gasteiger partial charge in [-0.05, 0) is 48.4 Å². The molecule has 0 radical (unpaired) electrons. The molecule has 0 unspecified atom stereocenters. The van der Waals surface area contributed by atoms with E-state index in [2.05, 4.69) is 19.2 Å². The van der Waals surface area contributed by atoms with Crippen molar-refractivity contribution < 1.29 is 14.6 Å². The summed E-state index contributed by atoms with van der Waals surface area (Å²) in [6.07, 6.45) is 3.48. The van der Waals surface area contributed by atoms with Gasteiger partial charge >= 0.3 is 0 Å². The fourth-order valence-corrected chi connectivity index (χ4v) is 2.88. The van der Waals surface area contributed by atoms with E-state index >= 15 is 0 Å². The molecule has 1 aromatic carbocycles. The molecule has 1 aliphatic rings. The van der Waals surface area contributed by atoms with Crippen molar-refractivity contribution in [2.75, 3.05) is 19.8 Å². The monoisotopic (exact) mass is 291 g/mol. The fourth-order valence-electron chi connectivity index (χ4n) is 2.88. The average Bonchev–Trinajstić information content (AvgIpc) is 2.98. The number of aliphatic hydroxyl groups excluding tert-OH is 1. The van der Waals surface area contributed by atoms with E-state index in [0.717, 1.165) is 37.0 Å². The Balaban J connectivity index is 2.01. The summed E-state index contributed by atoms with van der Waals surface area (Å²) >= 11 is 0. The quantitative estimate of drug-likeness (QED) is 0.811. The number of carbonyl (C=O) groups excluding carboxylic acids is 1. The van der Waals surface area contributed by atoms with Crippen LogP contribution in [-0.4, -0.2) is 30.8 Å². The van der Waals surface area contributed by atoms with Gasteiger partial charge in [-0.2, -0.15) is 0 Å². The minimum atomic E-state index is -0.0473. The molecule has 1 heterocycles. The van der Waals surface area contributed by atoms with Crippen LogP contribution in [0.3, 0.4) is 0 Å². The molecule has 4 nitrogen and oxygen atoms in total. The third kappa shape index (κ3) is 3.56. The first kappa shape index (κ1) is 15.8. The zero-order valence-electron chi connectivity index (χ0n) is 12.9. The van der Waals surface area contributed by atoms with Crippen molar-refractivity contribution in [3.8, 4) is 5.75 Å².